The van der Waals surface area contributed by atoms with Crippen molar-refractivity contribution in [3.8, 4) is 5.75 Å². The zero-order chi connectivity index (χ0) is 16.4. The number of benzene rings is 2. The van der Waals surface area contributed by atoms with Crippen LogP contribution in [0.4, 0.5) is 0 Å². The van der Waals surface area contributed by atoms with Gasteiger partial charge in [-0.3, -0.25) is 0 Å². The van der Waals surface area contributed by atoms with Crippen molar-refractivity contribution in [2.45, 2.75) is 24.9 Å². The third-order valence-electron chi connectivity index (χ3n) is 4.43. The number of aromatic nitrogens is 1. The molecule has 3 nitrogen and oxygen atoms in total. The molecular formula is C20H22N2OS. The Labute approximate surface area is 147 Å². The molecule has 0 aliphatic carbocycles. The maximum atomic E-state index is 6.14. The summed E-state index contributed by atoms with van der Waals surface area (Å²) in [6.45, 7) is 4.11. The Morgan fingerprint density at radius 3 is 2.88 bits per heavy atom. The van der Waals surface area contributed by atoms with Crippen LogP contribution in [-0.4, -0.2) is 28.3 Å². The average Bonchev–Trinajstić information content (AvgIpc) is 3.26. The largest absolute Gasteiger partial charge is 0.488 e. The Hall–Kier alpha value is -1.91. The van der Waals surface area contributed by atoms with Crippen molar-refractivity contribution in [1.29, 1.82) is 0 Å². The van der Waals surface area contributed by atoms with E-state index in [4.69, 9.17) is 4.74 Å². The smallest absolute Gasteiger partial charge is 0.120 e. The van der Waals surface area contributed by atoms with Crippen molar-refractivity contribution < 1.29 is 4.74 Å². The van der Waals surface area contributed by atoms with Gasteiger partial charge in [-0.05, 0) is 36.8 Å². The summed E-state index contributed by atoms with van der Waals surface area (Å²) in [5, 5.41) is 5.10. The molecular weight excluding hydrogens is 316 g/mol. The number of hydrogen-bond donors (Lipinski definition) is 1. The zero-order valence-corrected chi connectivity index (χ0v) is 14.6. The van der Waals surface area contributed by atoms with E-state index in [1.54, 1.807) is 0 Å². The first kappa shape index (κ1) is 15.6. The number of thioether (sulfide) groups is 1. The molecule has 1 saturated heterocycles. The van der Waals surface area contributed by atoms with E-state index >= 15 is 0 Å². The van der Waals surface area contributed by atoms with E-state index in [0.29, 0.717) is 5.37 Å². The van der Waals surface area contributed by atoms with Crippen molar-refractivity contribution in [2.75, 3.05) is 12.3 Å². The highest BCUT2D eigenvalue weighted by atomic mass is 32.2. The molecule has 124 valence electrons. The summed E-state index contributed by atoms with van der Waals surface area (Å²) in [5.74, 6) is 2.11. The lowest BCUT2D eigenvalue weighted by Crippen LogP contribution is -2.34. The number of hydrogen-bond acceptors (Lipinski definition) is 3. The third-order valence-corrected chi connectivity index (χ3v) is 5.78. The zero-order valence-electron chi connectivity index (χ0n) is 13.8. The van der Waals surface area contributed by atoms with Crippen LogP contribution in [0.25, 0.3) is 10.9 Å². The molecule has 0 saturated carbocycles. The van der Waals surface area contributed by atoms with Gasteiger partial charge in [0.2, 0.25) is 0 Å². The van der Waals surface area contributed by atoms with Gasteiger partial charge in [0.05, 0.1) is 5.37 Å². The van der Waals surface area contributed by atoms with Gasteiger partial charge >= 0.3 is 0 Å². The van der Waals surface area contributed by atoms with E-state index in [2.05, 4.69) is 77.6 Å². The maximum absolute atomic E-state index is 6.14. The lowest BCUT2D eigenvalue weighted by atomic mass is 10.2. The molecule has 1 aromatic heterocycles. The second-order valence-corrected chi connectivity index (χ2v) is 7.47. The number of rotatable bonds is 5. The minimum absolute atomic E-state index is 0.168. The molecule has 24 heavy (non-hydrogen) atoms. The van der Waals surface area contributed by atoms with E-state index in [9.17, 15) is 0 Å². The third kappa shape index (κ3) is 3.30. The molecule has 3 aromatic rings. The summed E-state index contributed by atoms with van der Waals surface area (Å²) in [6, 6.07) is 19.1. The summed E-state index contributed by atoms with van der Waals surface area (Å²) in [5.41, 5.74) is 2.56. The van der Waals surface area contributed by atoms with Crippen molar-refractivity contribution >= 4 is 22.7 Å². The molecule has 4 heteroatoms. The summed E-state index contributed by atoms with van der Waals surface area (Å²) in [6.07, 6.45) is 2.32. The molecule has 4 rings (SSSR count). The Balaban J connectivity index is 1.52. The highest BCUT2D eigenvalue weighted by molar-refractivity contribution is 8.00. The fourth-order valence-corrected chi connectivity index (χ4v) is 4.25. The van der Waals surface area contributed by atoms with Crippen LogP contribution in [-0.2, 0) is 6.54 Å². The van der Waals surface area contributed by atoms with Crippen molar-refractivity contribution in [1.82, 2.24) is 9.88 Å². The molecule has 0 bridgehead atoms. The van der Waals surface area contributed by atoms with Crippen LogP contribution < -0.4 is 10.1 Å². The summed E-state index contributed by atoms with van der Waals surface area (Å²) < 4.78 is 8.43. The maximum Gasteiger partial charge on any atom is 0.120 e. The molecule has 2 heterocycles. The Morgan fingerprint density at radius 2 is 2.08 bits per heavy atom. The number of fused-ring (bicyclic) bond motifs is 1. The Morgan fingerprint density at radius 1 is 1.21 bits per heavy atom. The first-order chi connectivity index (χ1) is 11.8. The van der Waals surface area contributed by atoms with Gasteiger partial charge in [-0.2, -0.15) is 0 Å². The highest BCUT2D eigenvalue weighted by Crippen LogP contribution is 2.26. The minimum Gasteiger partial charge on any atom is -0.488 e. The van der Waals surface area contributed by atoms with Gasteiger partial charge in [0.15, 0.2) is 0 Å². The molecule has 0 radical (unpaired) electrons. The van der Waals surface area contributed by atoms with Gasteiger partial charge in [-0.25, -0.2) is 0 Å². The van der Waals surface area contributed by atoms with Gasteiger partial charge in [-0.1, -0.05) is 30.3 Å². The van der Waals surface area contributed by atoms with Crippen molar-refractivity contribution in [3.63, 3.8) is 0 Å². The fraction of sp³-hybridized carbons (Fsp3) is 0.300. The molecule has 1 N–H and O–H groups in total. The molecule has 0 amide bonds. The number of nitrogens with one attached hydrogen (secondary N) is 1. The molecule has 1 aliphatic heterocycles. The molecule has 1 fully saturated rings. The van der Waals surface area contributed by atoms with Gasteiger partial charge < -0.3 is 14.6 Å². The molecule has 0 spiro atoms. The van der Waals surface area contributed by atoms with Gasteiger partial charge in [-0.15, -0.1) is 11.8 Å². The molecule has 2 unspecified atom stereocenters. The standard InChI is InChI=1S/C20H22N2OS/c1-15(20-21-10-12-24-20)23-18-7-8-19-17(13-18)9-11-22(19)14-16-5-3-2-4-6-16/h2-9,11,13,15,20-21H,10,12,14H2,1H3. The SMILES string of the molecule is CC(Oc1ccc2c(ccn2Cc2ccccc2)c1)C1NCCS1. The average molecular weight is 338 g/mol. The summed E-state index contributed by atoms with van der Waals surface area (Å²) >= 11 is 1.94. The molecule has 1 aliphatic rings. The Kier molecular flexibility index (Phi) is 4.50. The van der Waals surface area contributed by atoms with Gasteiger partial charge in [0.25, 0.3) is 0 Å². The predicted octanol–water partition coefficient (Wildman–Crippen LogP) is 4.12. The van der Waals surface area contributed by atoms with Crippen LogP contribution in [0.3, 0.4) is 0 Å². The first-order valence-electron chi connectivity index (χ1n) is 8.44. The second kappa shape index (κ2) is 6.91. The van der Waals surface area contributed by atoms with Crippen LogP contribution in [0.5, 0.6) is 5.75 Å². The number of nitrogens with zero attached hydrogens (tertiary/aromatic N) is 1. The fourth-order valence-electron chi connectivity index (χ4n) is 3.19. The lowest BCUT2D eigenvalue weighted by molar-refractivity contribution is 0.209. The topological polar surface area (TPSA) is 26.2 Å². The van der Waals surface area contributed by atoms with Crippen LogP contribution >= 0.6 is 11.8 Å². The van der Waals surface area contributed by atoms with E-state index in [1.165, 1.54) is 22.2 Å². The molecule has 2 aromatic carbocycles. The monoisotopic (exact) mass is 338 g/mol. The Bertz CT molecular complexity index is 809. The van der Waals surface area contributed by atoms with Crippen molar-refractivity contribution in [2.24, 2.45) is 0 Å². The van der Waals surface area contributed by atoms with Crippen molar-refractivity contribution in [3.05, 3.63) is 66.4 Å². The van der Waals surface area contributed by atoms with Crippen LogP contribution in [0.15, 0.2) is 60.8 Å². The number of ether oxygens (including phenoxy) is 1. The van der Waals surface area contributed by atoms with Crippen LogP contribution in [0.2, 0.25) is 0 Å². The van der Waals surface area contributed by atoms with Gasteiger partial charge in [0, 0.05) is 35.9 Å². The summed E-state index contributed by atoms with van der Waals surface area (Å²) in [4.78, 5) is 0. The first-order valence-corrected chi connectivity index (χ1v) is 9.49. The van der Waals surface area contributed by atoms with E-state index in [1.807, 2.05) is 11.8 Å². The van der Waals surface area contributed by atoms with Crippen LogP contribution in [0, 0.1) is 0 Å². The highest BCUT2D eigenvalue weighted by Gasteiger charge is 2.23. The predicted molar refractivity (Wildman–Crippen MR) is 102 cm³/mol. The lowest BCUT2D eigenvalue weighted by Gasteiger charge is -2.20. The van der Waals surface area contributed by atoms with E-state index < -0.39 is 0 Å². The van der Waals surface area contributed by atoms with E-state index in [0.717, 1.165) is 18.8 Å². The normalized spacial score (nSPS) is 18.8. The summed E-state index contributed by atoms with van der Waals surface area (Å²) in [7, 11) is 0. The molecule has 2 atom stereocenters. The van der Waals surface area contributed by atoms with Gasteiger partial charge in [0.1, 0.15) is 11.9 Å². The second-order valence-electron chi connectivity index (χ2n) is 6.22. The van der Waals surface area contributed by atoms with Crippen LogP contribution in [0.1, 0.15) is 12.5 Å². The quantitative estimate of drug-likeness (QED) is 0.758. The van der Waals surface area contributed by atoms with E-state index in [-0.39, 0.29) is 6.10 Å². The minimum atomic E-state index is 0.168.